The summed E-state index contributed by atoms with van der Waals surface area (Å²) in [4.78, 5) is 20.6. The number of carbonyl (C=O) groups is 2. The van der Waals surface area contributed by atoms with E-state index in [4.69, 9.17) is 5.73 Å². The Morgan fingerprint density at radius 3 is 2.50 bits per heavy atom. The van der Waals surface area contributed by atoms with E-state index in [-0.39, 0.29) is 5.91 Å². The Balaban J connectivity index is 3.67. The van der Waals surface area contributed by atoms with Crippen LogP contribution < -0.4 is 11.1 Å². The van der Waals surface area contributed by atoms with Crippen LogP contribution in [0.3, 0.4) is 0 Å². The van der Waals surface area contributed by atoms with E-state index < -0.39 is 5.91 Å². The molecule has 10 heavy (non-hydrogen) atoms. The lowest BCUT2D eigenvalue weighted by Crippen LogP contribution is -2.20. The maximum atomic E-state index is 10.5. The zero-order chi connectivity index (χ0) is 7.98. The molecule has 0 aromatic carbocycles. The van der Waals surface area contributed by atoms with Crippen molar-refractivity contribution in [2.24, 2.45) is 5.73 Å². The maximum absolute atomic E-state index is 10.5. The summed E-state index contributed by atoms with van der Waals surface area (Å²) in [7, 11) is 0. The maximum Gasteiger partial charge on any atom is 0.244 e. The van der Waals surface area contributed by atoms with Crippen molar-refractivity contribution in [3.8, 4) is 0 Å². The highest BCUT2D eigenvalue weighted by atomic mass is 16.2. The predicted octanol–water partition coefficient (Wildman–Crippen LogP) is -0.836. The zero-order valence-corrected chi connectivity index (χ0v) is 5.76. The van der Waals surface area contributed by atoms with Gasteiger partial charge in [0.15, 0.2) is 0 Å². The molecule has 0 unspecified atom stereocenters. The number of likely N-dealkylation sites (N-methyl/N-ethyl adjacent to an activating group) is 1. The number of rotatable bonds is 3. The van der Waals surface area contributed by atoms with Gasteiger partial charge in [0.05, 0.1) is 0 Å². The SMILES string of the molecule is CCNC(=O)/C=C/C(N)=O. The molecule has 4 heteroatoms. The number of hydrogen-bond acceptors (Lipinski definition) is 2. The van der Waals surface area contributed by atoms with E-state index in [0.29, 0.717) is 6.54 Å². The summed E-state index contributed by atoms with van der Waals surface area (Å²) in [5.41, 5.74) is 4.73. The minimum atomic E-state index is -0.619. The van der Waals surface area contributed by atoms with Crippen molar-refractivity contribution in [3.63, 3.8) is 0 Å². The van der Waals surface area contributed by atoms with Crippen LogP contribution in [0.1, 0.15) is 6.92 Å². The van der Waals surface area contributed by atoms with Crippen molar-refractivity contribution in [2.75, 3.05) is 6.54 Å². The Labute approximate surface area is 59.1 Å². The molecule has 0 aromatic rings. The second-order valence-corrected chi connectivity index (χ2v) is 1.63. The van der Waals surface area contributed by atoms with Gasteiger partial charge in [0, 0.05) is 18.7 Å². The van der Waals surface area contributed by atoms with E-state index in [0.717, 1.165) is 12.2 Å². The molecule has 0 heterocycles. The van der Waals surface area contributed by atoms with Crippen LogP contribution in [0, 0.1) is 0 Å². The Hall–Kier alpha value is -1.32. The van der Waals surface area contributed by atoms with Gasteiger partial charge in [0.1, 0.15) is 0 Å². The van der Waals surface area contributed by atoms with Gasteiger partial charge in [-0.05, 0) is 6.92 Å². The second kappa shape index (κ2) is 4.55. The van der Waals surface area contributed by atoms with E-state index in [1.54, 1.807) is 6.92 Å². The average Bonchev–Trinajstić information content (AvgIpc) is 1.85. The highest BCUT2D eigenvalue weighted by molar-refractivity contribution is 5.95. The predicted molar refractivity (Wildman–Crippen MR) is 37.0 cm³/mol. The highest BCUT2D eigenvalue weighted by Gasteiger charge is 1.90. The van der Waals surface area contributed by atoms with E-state index in [1.165, 1.54) is 0 Å². The van der Waals surface area contributed by atoms with Gasteiger partial charge in [0.25, 0.3) is 0 Å². The molecule has 0 saturated carbocycles. The van der Waals surface area contributed by atoms with E-state index in [9.17, 15) is 9.59 Å². The fourth-order valence-electron chi connectivity index (χ4n) is 0.391. The third kappa shape index (κ3) is 4.83. The summed E-state index contributed by atoms with van der Waals surface area (Å²) in [6.07, 6.45) is 2.12. The number of amides is 2. The monoisotopic (exact) mass is 142 g/mol. The van der Waals surface area contributed by atoms with Crippen LogP contribution in [0.4, 0.5) is 0 Å². The van der Waals surface area contributed by atoms with Gasteiger partial charge >= 0.3 is 0 Å². The minimum absolute atomic E-state index is 0.304. The second-order valence-electron chi connectivity index (χ2n) is 1.63. The van der Waals surface area contributed by atoms with Gasteiger partial charge in [-0.1, -0.05) is 0 Å². The lowest BCUT2D eigenvalue weighted by Gasteiger charge is -1.92. The van der Waals surface area contributed by atoms with E-state index >= 15 is 0 Å². The molecule has 0 aliphatic rings. The third-order valence-electron chi connectivity index (χ3n) is 0.750. The molecule has 0 atom stereocenters. The highest BCUT2D eigenvalue weighted by Crippen LogP contribution is 1.70. The van der Waals surface area contributed by atoms with Crippen LogP contribution in [-0.4, -0.2) is 18.4 Å². The van der Waals surface area contributed by atoms with Crippen molar-refractivity contribution in [3.05, 3.63) is 12.2 Å². The minimum Gasteiger partial charge on any atom is -0.366 e. The molecule has 4 nitrogen and oxygen atoms in total. The molecule has 3 N–H and O–H groups in total. The molecule has 0 rings (SSSR count). The standard InChI is InChI=1S/C6H10N2O2/c1-2-8-6(10)4-3-5(7)9/h3-4H,2H2,1H3,(H2,7,9)(H,8,10)/b4-3+. The summed E-state index contributed by atoms with van der Waals surface area (Å²) in [5, 5.41) is 2.47. The molecule has 56 valence electrons. The van der Waals surface area contributed by atoms with Crippen molar-refractivity contribution in [1.82, 2.24) is 5.32 Å². The quantitative estimate of drug-likeness (QED) is 0.504. The van der Waals surface area contributed by atoms with Crippen molar-refractivity contribution < 1.29 is 9.59 Å². The molecule has 0 bridgehead atoms. The smallest absolute Gasteiger partial charge is 0.244 e. The number of hydrogen-bond donors (Lipinski definition) is 2. The summed E-state index contributed by atoms with van der Waals surface area (Å²) in [6, 6.07) is 0. The van der Waals surface area contributed by atoms with Gasteiger partial charge in [-0.3, -0.25) is 9.59 Å². The van der Waals surface area contributed by atoms with Gasteiger partial charge in [-0.15, -0.1) is 0 Å². The van der Waals surface area contributed by atoms with Gasteiger partial charge < -0.3 is 11.1 Å². The Morgan fingerprint density at radius 2 is 2.10 bits per heavy atom. The zero-order valence-electron chi connectivity index (χ0n) is 5.76. The Bertz CT molecular complexity index is 163. The van der Waals surface area contributed by atoms with Gasteiger partial charge in [-0.2, -0.15) is 0 Å². The summed E-state index contributed by atoms with van der Waals surface area (Å²) < 4.78 is 0. The average molecular weight is 142 g/mol. The lowest BCUT2D eigenvalue weighted by atomic mass is 10.4. The van der Waals surface area contributed by atoms with E-state index in [1.807, 2.05) is 0 Å². The van der Waals surface area contributed by atoms with Crippen LogP contribution in [0.5, 0.6) is 0 Å². The molecule has 0 aliphatic heterocycles. The van der Waals surface area contributed by atoms with Crippen LogP contribution >= 0.6 is 0 Å². The molecular weight excluding hydrogens is 132 g/mol. The van der Waals surface area contributed by atoms with Crippen molar-refractivity contribution in [2.45, 2.75) is 6.92 Å². The number of carbonyl (C=O) groups excluding carboxylic acids is 2. The van der Waals surface area contributed by atoms with Crippen LogP contribution in [0.2, 0.25) is 0 Å². The first-order valence-corrected chi connectivity index (χ1v) is 2.92. The van der Waals surface area contributed by atoms with Gasteiger partial charge in [-0.25, -0.2) is 0 Å². The molecule has 0 radical (unpaired) electrons. The molecule has 0 aromatic heterocycles. The Kier molecular flexibility index (Phi) is 3.95. The normalized spacial score (nSPS) is 9.70. The fraction of sp³-hybridized carbons (Fsp3) is 0.333. The van der Waals surface area contributed by atoms with Gasteiger partial charge in [0.2, 0.25) is 11.8 Å². The fourth-order valence-corrected chi connectivity index (χ4v) is 0.391. The first-order valence-electron chi connectivity index (χ1n) is 2.92. The third-order valence-corrected chi connectivity index (χ3v) is 0.750. The molecule has 0 aliphatic carbocycles. The first-order chi connectivity index (χ1) is 4.66. The lowest BCUT2D eigenvalue weighted by molar-refractivity contribution is -0.117. The largest absolute Gasteiger partial charge is 0.366 e. The molecule has 0 spiro atoms. The van der Waals surface area contributed by atoms with Crippen LogP contribution in [0.15, 0.2) is 12.2 Å². The molecule has 0 fully saturated rings. The number of nitrogens with two attached hydrogens (primary N) is 1. The summed E-state index contributed by atoms with van der Waals surface area (Å²) in [5.74, 6) is -0.924. The molecule has 0 saturated heterocycles. The topological polar surface area (TPSA) is 72.2 Å². The van der Waals surface area contributed by atoms with Crippen LogP contribution in [-0.2, 0) is 9.59 Å². The van der Waals surface area contributed by atoms with Crippen molar-refractivity contribution in [1.29, 1.82) is 0 Å². The van der Waals surface area contributed by atoms with E-state index in [2.05, 4.69) is 5.32 Å². The summed E-state index contributed by atoms with van der Waals surface area (Å²) in [6.45, 7) is 2.33. The number of nitrogens with one attached hydrogen (secondary N) is 1. The van der Waals surface area contributed by atoms with Crippen LogP contribution in [0.25, 0.3) is 0 Å². The summed E-state index contributed by atoms with van der Waals surface area (Å²) >= 11 is 0. The first kappa shape index (κ1) is 8.68. The Morgan fingerprint density at radius 1 is 1.50 bits per heavy atom. The molecular formula is C6H10N2O2. The number of primary amides is 1. The molecule has 2 amide bonds. The van der Waals surface area contributed by atoms with Crippen molar-refractivity contribution >= 4 is 11.8 Å².